The van der Waals surface area contributed by atoms with E-state index in [1.165, 1.54) is 12.8 Å². The topological polar surface area (TPSA) is 50.4 Å². The first-order valence-electron chi connectivity index (χ1n) is 7.81. The number of carbonyl (C=O) groups excluding carboxylic acids is 1. The van der Waals surface area contributed by atoms with Crippen molar-refractivity contribution in [2.75, 3.05) is 7.11 Å². The van der Waals surface area contributed by atoms with Gasteiger partial charge in [0.15, 0.2) is 0 Å². The predicted molar refractivity (Wildman–Crippen MR) is 84.4 cm³/mol. The smallest absolute Gasteiger partial charge is 0.237 e. The van der Waals surface area contributed by atoms with Crippen LogP contribution in [0.1, 0.15) is 51.1 Å². The van der Waals surface area contributed by atoms with Gasteiger partial charge in [-0.3, -0.25) is 10.1 Å². The number of benzene rings is 1. The molecule has 2 N–H and O–H groups in total. The molecule has 21 heavy (non-hydrogen) atoms. The van der Waals surface area contributed by atoms with Crippen molar-refractivity contribution in [1.29, 1.82) is 0 Å². The van der Waals surface area contributed by atoms with Crippen LogP contribution in [0.4, 0.5) is 0 Å². The zero-order valence-electron chi connectivity index (χ0n) is 13.2. The molecule has 0 heterocycles. The molecule has 2 rings (SSSR count). The lowest BCUT2D eigenvalue weighted by atomic mass is 10.1. The lowest BCUT2D eigenvalue weighted by Gasteiger charge is -2.23. The van der Waals surface area contributed by atoms with Crippen molar-refractivity contribution in [3.63, 3.8) is 0 Å². The molecule has 0 saturated heterocycles. The van der Waals surface area contributed by atoms with Crippen molar-refractivity contribution >= 4 is 5.91 Å². The average molecular weight is 290 g/mol. The standard InChI is InChI=1S/C17H26N2O2/c1-12(15-10-6-7-11-16(15)21-3)18-13(2)17(20)19-14-8-4-5-9-14/h6-7,10-14,18H,4-5,8-9H2,1-3H3,(H,19,20)/t12-,13?/m0/s1. The molecule has 4 heteroatoms. The molecule has 1 fully saturated rings. The number of methoxy groups -OCH3 is 1. The van der Waals surface area contributed by atoms with Crippen molar-refractivity contribution in [3.8, 4) is 5.75 Å². The van der Waals surface area contributed by atoms with E-state index in [0.29, 0.717) is 6.04 Å². The Balaban J connectivity index is 1.91. The van der Waals surface area contributed by atoms with E-state index >= 15 is 0 Å². The van der Waals surface area contributed by atoms with Crippen LogP contribution in [0.2, 0.25) is 0 Å². The molecule has 0 aromatic heterocycles. The second kappa shape index (κ2) is 7.46. The van der Waals surface area contributed by atoms with Crippen LogP contribution >= 0.6 is 0 Å². The van der Waals surface area contributed by atoms with Crippen LogP contribution in [0.5, 0.6) is 5.75 Å². The number of hydrogen-bond donors (Lipinski definition) is 2. The number of hydrogen-bond acceptors (Lipinski definition) is 3. The van der Waals surface area contributed by atoms with Gasteiger partial charge in [0, 0.05) is 17.6 Å². The first-order chi connectivity index (χ1) is 10.1. The van der Waals surface area contributed by atoms with Crippen molar-refractivity contribution in [2.45, 2.75) is 57.7 Å². The van der Waals surface area contributed by atoms with Crippen molar-refractivity contribution in [2.24, 2.45) is 0 Å². The minimum atomic E-state index is -0.217. The summed E-state index contributed by atoms with van der Waals surface area (Å²) in [5, 5.41) is 6.48. The fraction of sp³-hybridized carbons (Fsp3) is 0.588. The third-order valence-electron chi connectivity index (χ3n) is 4.20. The quantitative estimate of drug-likeness (QED) is 0.847. The number of amides is 1. The summed E-state index contributed by atoms with van der Waals surface area (Å²) in [6.07, 6.45) is 4.68. The van der Waals surface area contributed by atoms with Gasteiger partial charge in [0.2, 0.25) is 5.91 Å². The Kier molecular flexibility index (Phi) is 5.62. The van der Waals surface area contributed by atoms with Crippen LogP contribution in [-0.2, 0) is 4.79 Å². The van der Waals surface area contributed by atoms with E-state index in [1.807, 2.05) is 31.2 Å². The fourth-order valence-electron chi connectivity index (χ4n) is 2.96. The molecule has 1 aromatic carbocycles. The van der Waals surface area contributed by atoms with Crippen molar-refractivity contribution < 1.29 is 9.53 Å². The van der Waals surface area contributed by atoms with Crippen LogP contribution in [0, 0.1) is 0 Å². The Morgan fingerprint density at radius 2 is 1.90 bits per heavy atom. The molecule has 0 radical (unpaired) electrons. The minimum absolute atomic E-state index is 0.0606. The average Bonchev–Trinajstić information content (AvgIpc) is 2.99. The molecular weight excluding hydrogens is 264 g/mol. The summed E-state index contributed by atoms with van der Waals surface area (Å²) >= 11 is 0. The summed E-state index contributed by atoms with van der Waals surface area (Å²) in [6, 6.07) is 8.11. The molecule has 1 aliphatic rings. The van der Waals surface area contributed by atoms with Crippen LogP contribution < -0.4 is 15.4 Å². The molecular formula is C17H26N2O2. The molecule has 1 amide bonds. The van der Waals surface area contributed by atoms with E-state index in [4.69, 9.17) is 4.74 Å². The molecule has 2 atom stereocenters. The third kappa shape index (κ3) is 4.21. The lowest BCUT2D eigenvalue weighted by molar-refractivity contribution is -0.123. The maximum Gasteiger partial charge on any atom is 0.237 e. The van der Waals surface area contributed by atoms with E-state index in [1.54, 1.807) is 7.11 Å². The summed E-state index contributed by atoms with van der Waals surface area (Å²) in [6.45, 7) is 3.97. The first kappa shape index (κ1) is 15.8. The van der Waals surface area contributed by atoms with Crippen LogP contribution in [0.15, 0.2) is 24.3 Å². The van der Waals surface area contributed by atoms with Gasteiger partial charge in [0.25, 0.3) is 0 Å². The molecule has 0 spiro atoms. The van der Waals surface area contributed by atoms with Gasteiger partial charge in [-0.1, -0.05) is 31.0 Å². The highest BCUT2D eigenvalue weighted by Gasteiger charge is 2.22. The van der Waals surface area contributed by atoms with E-state index in [9.17, 15) is 4.79 Å². The molecule has 0 aliphatic heterocycles. The number of ether oxygens (including phenoxy) is 1. The van der Waals surface area contributed by atoms with Crippen molar-refractivity contribution in [3.05, 3.63) is 29.8 Å². The van der Waals surface area contributed by atoms with E-state index < -0.39 is 0 Å². The fourth-order valence-corrected chi connectivity index (χ4v) is 2.96. The second-order valence-corrected chi connectivity index (χ2v) is 5.84. The summed E-state index contributed by atoms with van der Waals surface area (Å²) in [5.41, 5.74) is 1.07. The molecule has 116 valence electrons. The van der Waals surface area contributed by atoms with E-state index in [-0.39, 0.29) is 18.0 Å². The van der Waals surface area contributed by atoms with E-state index in [2.05, 4.69) is 17.6 Å². The van der Waals surface area contributed by atoms with Gasteiger partial charge in [-0.25, -0.2) is 0 Å². The Labute approximate surface area is 127 Å². The molecule has 1 aliphatic carbocycles. The van der Waals surface area contributed by atoms with Gasteiger partial charge in [0.1, 0.15) is 5.75 Å². The van der Waals surface area contributed by atoms with Crippen LogP contribution in [0.3, 0.4) is 0 Å². The highest BCUT2D eigenvalue weighted by Crippen LogP contribution is 2.24. The van der Waals surface area contributed by atoms with Crippen LogP contribution in [0.25, 0.3) is 0 Å². The summed E-state index contributed by atoms with van der Waals surface area (Å²) < 4.78 is 5.38. The largest absolute Gasteiger partial charge is 0.496 e. The SMILES string of the molecule is COc1ccccc1[C@H](C)NC(C)C(=O)NC1CCCC1. The summed E-state index contributed by atoms with van der Waals surface area (Å²) in [7, 11) is 1.67. The Hall–Kier alpha value is -1.55. The monoisotopic (exact) mass is 290 g/mol. The number of nitrogens with one attached hydrogen (secondary N) is 2. The number of para-hydroxylation sites is 1. The molecule has 4 nitrogen and oxygen atoms in total. The van der Waals surface area contributed by atoms with Gasteiger partial charge < -0.3 is 10.1 Å². The van der Waals surface area contributed by atoms with Gasteiger partial charge in [-0.05, 0) is 32.8 Å². The zero-order valence-corrected chi connectivity index (χ0v) is 13.2. The Morgan fingerprint density at radius 3 is 2.57 bits per heavy atom. The molecule has 1 aromatic rings. The maximum absolute atomic E-state index is 12.2. The summed E-state index contributed by atoms with van der Waals surface area (Å²) in [5.74, 6) is 0.935. The third-order valence-corrected chi connectivity index (χ3v) is 4.20. The number of carbonyl (C=O) groups is 1. The zero-order chi connectivity index (χ0) is 15.2. The molecule has 1 unspecified atom stereocenters. The highest BCUT2D eigenvalue weighted by atomic mass is 16.5. The maximum atomic E-state index is 12.2. The van der Waals surface area contributed by atoms with Gasteiger partial charge in [-0.15, -0.1) is 0 Å². The van der Waals surface area contributed by atoms with Gasteiger partial charge >= 0.3 is 0 Å². The lowest BCUT2D eigenvalue weighted by Crippen LogP contribution is -2.46. The molecule has 0 bridgehead atoms. The summed E-state index contributed by atoms with van der Waals surface area (Å²) in [4.78, 5) is 12.2. The minimum Gasteiger partial charge on any atom is -0.496 e. The highest BCUT2D eigenvalue weighted by molar-refractivity contribution is 5.81. The van der Waals surface area contributed by atoms with Gasteiger partial charge in [0.05, 0.1) is 13.2 Å². The van der Waals surface area contributed by atoms with E-state index in [0.717, 1.165) is 24.2 Å². The number of rotatable bonds is 6. The normalized spacial score (nSPS) is 18.2. The van der Waals surface area contributed by atoms with Gasteiger partial charge in [-0.2, -0.15) is 0 Å². The van der Waals surface area contributed by atoms with Crippen LogP contribution in [-0.4, -0.2) is 25.1 Å². The van der Waals surface area contributed by atoms with Crippen molar-refractivity contribution in [1.82, 2.24) is 10.6 Å². The second-order valence-electron chi connectivity index (χ2n) is 5.84. The predicted octanol–water partition coefficient (Wildman–Crippen LogP) is 2.79. The Morgan fingerprint density at radius 1 is 1.24 bits per heavy atom. The molecule has 1 saturated carbocycles. The Bertz CT molecular complexity index is 470. The first-order valence-corrected chi connectivity index (χ1v) is 7.81.